The SMILES string of the molecule is c1ccc(COc2ccc3c(c2)CCC32CNCCO2)cc1. The number of hydrogen-bond donors (Lipinski definition) is 1. The van der Waals surface area contributed by atoms with Crippen molar-refractivity contribution < 1.29 is 9.47 Å². The topological polar surface area (TPSA) is 30.5 Å². The van der Waals surface area contributed by atoms with Crippen molar-refractivity contribution in [3.63, 3.8) is 0 Å². The van der Waals surface area contributed by atoms with Crippen molar-refractivity contribution in [2.75, 3.05) is 19.7 Å². The zero-order chi connectivity index (χ0) is 14.8. The van der Waals surface area contributed by atoms with Gasteiger partial charge in [-0.2, -0.15) is 0 Å². The van der Waals surface area contributed by atoms with Crippen LogP contribution in [-0.4, -0.2) is 19.7 Å². The summed E-state index contributed by atoms with van der Waals surface area (Å²) in [5.74, 6) is 0.948. The van der Waals surface area contributed by atoms with Crippen LogP contribution in [0.2, 0.25) is 0 Å². The van der Waals surface area contributed by atoms with Gasteiger partial charge in [-0.3, -0.25) is 0 Å². The van der Waals surface area contributed by atoms with Crippen LogP contribution in [0.4, 0.5) is 0 Å². The van der Waals surface area contributed by atoms with Crippen LogP contribution < -0.4 is 10.1 Å². The number of ether oxygens (including phenoxy) is 2. The lowest BCUT2D eigenvalue weighted by Crippen LogP contribution is -2.46. The zero-order valence-corrected chi connectivity index (χ0v) is 12.7. The fourth-order valence-corrected chi connectivity index (χ4v) is 3.52. The Morgan fingerprint density at radius 1 is 1.14 bits per heavy atom. The van der Waals surface area contributed by atoms with Gasteiger partial charge in [-0.15, -0.1) is 0 Å². The Labute approximate surface area is 131 Å². The van der Waals surface area contributed by atoms with Gasteiger partial charge < -0.3 is 14.8 Å². The first-order valence-corrected chi connectivity index (χ1v) is 8.01. The maximum absolute atomic E-state index is 6.12. The van der Waals surface area contributed by atoms with Crippen molar-refractivity contribution in [2.45, 2.75) is 25.0 Å². The van der Waals surface area contributed by atoms with Crippen LogP contribution in [0.25, 0.3) is 0 Å². The molecule has 1 fully saturated rings. The van der Waals surface area contributed by atoms with Gasteiger partial charge >= 0.3 is 0 Å². The highest BCUT2D eigenvalue weighted by atomic mass is 16.5. The molecule has 0 aromatic heterocycles. The molecule has 0 radical (unpaired) electrons. The molecule has 2 aliphatic rings. The Bertz CT molecular complexity index is 648. The van der Waals surface area contributed by atoms with Crippen molar-refractivity contribution in [3.8, 4) is 5.75 Å². The Morgan fingerprint density at radius 2 is 2.05 bits per heavy atom. The van der Waals surface area contributed by atoms with Crippen LogP contribution >= 0.6 is 0 Å². The van der Waals surface area contributed by atoms with Gasteiger partial charge in [0.15, 0.2) is 0 Å². The largest absolute Gasteiger partial charge is 0.489 e. The van der Waals surface area contributed by atoms with Gasteiger partial charge in [0.05, 0.1) is 6.61 Å². The summed E-state index contributed by atoms with van der Waals surface area (Å²) in [6.07, 6.45) is 2.14. The summed E-state index contributed by atoms with van der Waals surface area (Å²) in [7, 11) is 0. The number of aryl methyl sites for hydroxylation is 1. The van der Waals surface area contributed by atoms with E-state index in [0.29, 0.717) is 6.61 Å². The summed E-state index contributed by atoms with van der Waals surface area (Å²) in [4.78, 5) is 0. The number of nitrogens with one attached hydrogen (secondary N) is 1. The lowest BCUT2D eigenvalue weighted by molar-refractivity contribution is -0.0695. The molecule has 0 amide bonds. The molecule has 1 atom stereocenters. The molecule has 1 aliphatic carbocycles. The molecular formula is C19H21NO2. The Morgan fingerprint density at radius 3 is 2.86 bits per heavy atom. The first-order chi connectivity index (χ1) is 10.9. The second kappa shape index (κ2) is 5.75. The molecule has 3 heteroatoms. The predicted octanol–water partition coefficient (Wildman–Crippen LogP) is 3.03. The number of benzene rings is 2. The van der Waals surface area contributed by atoms with E-state index in [0.717, 1.165) is 38.3 Å². The summed E-state index contributed by atoms with van der Waals surface area (Å²) in [5, 5.41) is 3.46. The van der Waals surface area contributed by atoms with Crippen LogP contribution in [0, 0.1) is 0 Å². The molecule has 1 saturated heterocycles. The van der Waals surface area contributed by atoms with Crippen LogP contribution in [0.5, 0.6) is 5.75 Å². The molecule has 1 spiro atoms. The van der Waals surface area contributed by atoms with E-state index >= 15 is 0 Å². The van der Waals surface area contributed by atoms with Gasteiger partial charge in [0.25, 0.3) is 0 Å². The fraction of sp³-hybridized carbons (Fsp3) is 0.368. The number of rotatable bonds is 3. The summed E-state index contributed by atoms with van der Waals surface area (Å²) >= 11 is 0. The third kappa shape index (κ3) is 2.51. The molecule has 0 saturated carbocycles. The first kappa shape index (κ1) is 13.8. The average molecular weight is 295 g/mol. The van der Waals surface area contributed by atoms with Crippen LogP contribution in [0.3, 0.4) is 0 Å². The Balaban J connectivity index is 1.51. The first-order valence-electron chi connectivity index (χ1n) is 8.01. The van der Waals surface area contributed by atoms with Crippen molar-refractivity contribution in [1.82, 2.24) is 5.32 Å². The van der Waals surface area contributed by atoms with Crippen LogP contribution in [0.1, 0.15) is 23.1 Å². The minimum absolute atomic E-state index is 0.106. The molecular weight excluding hydrogens is 274 g/mol. The molecule has 0 bridgehead atoms. The third-order valence-corrected chi connectivity index (χ3v) is 4.68. The standard InChI is InChI=1S/C19H21NO2/c1-2-4-15(5-3-1)13-21-17-6-7-18-16(12-17)8-9-19(18)14-20-10-11-22-19/h1-7,12,20H,8-11,13-14H2. The Hall–Kier alpha value is -1.84. The number of hydrogen-bond acceptors (Lipinski definition) is 3. The van der Waals surface area contributed by atoms with E-state index in [-0.39, 0.29) is 5.60 Å². The predicted molar refractivity (Wildman–Crippen MR) is 86.0 cm³/mol. The Kier molecular flexibility index (Phi) is 3.60. The molecule has 3 nitrogen and oxygen atoms in total. The van der Waals surface area contributed by atoms with Crippen LogP contribution in [-0.2, 0) is 23.4 Å². The van der Waals surface area contributed by atoms with Crippen LogP contribution in [0.15, 0.2) is 48.5 Å². The second-order valence-electron chi connectivity index (χ2n) is 6.11. The zero-order valence-electron chi connectivity index (χ0n) is 12.7. The van der Waals surface area contributed by atoms with E-state index in [2.05, 4.69) is 35.6 Å². The monoisotopic (exact) mass is 295 g/mol. The highest BCUT2D eigenvalue weighted by Crippen LogP contribution is 2.41. The summed E-state index contributed by atoms with van der Waals surface area (Å²) < 4.78 is 12.1. The summed E-state index contributed by atoms with van der Waals surface area (Å²) in [6.45, 7) is 3.29. The molecule has 4 rings (SSSR count). The summed E-state index contributed by atoms with van der Waals surface area (Å²) in [6, 6.07) is 16.7. The molecule has 1 aliphatic heterocycles. The number of fused-ring (bicyclic) bond motifs is 2. The van der Waals surface area contributed by atoms with E-state index in [1.54, 1.807) is 0 Å². The minimum Gasteiger partial charge on any atom is -0.489 e. The van der Waals surface area contributed by atoms with Crippen molar-refractivity contribution in [3.05, 3.63) is 65.2 Å². The van der Waals surface area contributed by atoms with E-state index in [1.165, 1.54) is 16.7 Å². The second-order valence-corrected chi connectivity index (χ2v) is 6.11. The lowest BCUT2D eigenvalue weighted by Gasteiger charge is -2.35. The quantitative estimate of drug-likeness (QED) is 0.944. The van der Waals surface area contributed by atoms with Crippen molar-refractivity contribution in [1.29, 1.82) is 0 Å². The van der Waals surface area contributed by atoms with E-state index in [9.17, 15) is 0 Å². The van der Waals surface area contributed by atoms with Gasteiger partial charge in [-0.1, -0.05) is 36.4 Å². The van der Waals surface area contributed by atoms with Gasteiger partial charge in [0.2, 0.25) is 0 Å². The minimum atomic E-state index is -0.106. The molecule has 114 valence electrons. The van der Waals surface area contributed by atoms with E-state index < -0.39 is 0 Å². The molecule has 1 unspecified atom stereocenters. The van der Waals surface area contributed by atoms with Gasteiger partial charge in [0, 0.05) is 13.1 Å². The van der Waals surface area contributed by atoms with Gasteiger partial charge in [-0.25, -0.2) is 0 Å². The fourth-order valence-electron chi connectivity index (χ4n) is 3.52. The van der Waals surface area contributed by atoms with E-state index in [4.69, 9.17) is 9.47 Å². The number of morpholine rings is 1. The lowest BCUT2D eigenvalue weighted by atomic mass is 9.94. The summed E-state index contributed by atoms with van der Waals surface area (Å²) in [5.41, 5.74) is 3.80. The highest BCUT2D eigenvalue weighted by Gasteiger charge is 2.41. The molecule has 2 aromatic rings. The molecule has 22 heavy (non-hydrogen) atoms. The third-order valence-electron chi connectivity index (χ3n) is 4.68. The van der Waals surface area contributed by atoms with Gasteiger partial charge in [-0.05, 0) is 41.7 Å². The molecule has 1 N–H and O–H groups in total. The molecule has 1 heterocycles. The smallest absolute Gasteiger partial charge is 0.120 e. The van der Waals surface area contributed by atoms with Crippen molar-refractivity contribution >= 4 is 0 Å². The van der Waals surface area contributed by atoms with E-state index in [1.807, 2.05) is 18.2 Å². The normalized spacial score (nSPS) is 23.5. The van der Waals surface area contributed by atoms with Gasteiger partial charge in [0.1, 0.15) is 18.0 Å². The van der Waals surface area contributed by atoms with Crippen molar-refractivity contribution in [2.24, 2.45) is 0 Å². The molecule has 2 aromatic carbocycles. The highest BCUT2D eigenvalue weighted by molar-refractivity contribution is 5.43. The average Bonchev–Trinajstić information content (AvgIpc) is 2.92. The maximum Gasteiger partial charge on any atom is 0.120 e. The maximum atomic E-state index is 6.12.